The Morgan fingerprint density at radius 3 is 2.70 bits per heavy atom. The molecule has 10 heavy (non-hydrogen) atoms. The van der Waals surface area contributed by atoms with E-state index in [9.17, 15) is 14.9 Å². The number of rotatable bonds is 4. The van der Waals surface area contributed by atoms with E-state index in [0.717, 1.165) is 0 Å². The molecule has 0 aromatic carbocycles. The molecule has 0 saturated heterocycles. The Bertz CT molecular complexity index is 134. The van der Waals surface area contributed by atoms with Gasteiger partial charge in [0.2, 0.25) is 0 Å². The molecule has 0 amide bonds. The maximum atomic E-state index is 10.2. The van der Waals surface area contributed by atoms with Crippen molar-refractivity contribution in [1.82, 2.24) is 0 Å². The molecule has 0 aliphatic heterocycles. The molecule has 0 rings (SSSR count). The van der Waals surface area contributed by atoms with Crippen molar-refractivity contribution in [3.8, 4) is 0 Å². The minimum atomic E-state index is -1.17. The number of carbonyl (C=O) groups excluding carboxylic acids is 1. The summed E-state index contributed by atoms with van der Waals surface area (Å²) in [5, 5.41) is 8.31. The van der Waals surface area contributed by atoms with Crippen LogP contribution in [0.15, 0.2) is 0 Å². The Hall–Kier alpha value is -1.17. The molecule has 6 nitrogen and oxygen atoms in total. The lowest BCUT2D eigenvalue weighted by molar-refractivity contribution is -0.729. The molecule has 0 radical (unpaired) electrons. The summed E-state index contributed by atoms with van der Waals surface area (Å²) in [5.41, 5.74) is 0. The fourth-order valence-corrected chi connectivity index (χ4v) is 0.295. The molecule has 0 aliphatic carbocycles. The van der Waals surface area contributed by atoms with E-state index in [0.29, 0.717) is 6.61 Å². The van der Waals surface area contributed by atoms with Gasteiger partial charge in [-0.2, -0.15) is 0 Å². The number of carbonyl (C=O) groups is 1. The Morgan fingerprint density at radius 2 is 2.30 bits per heavy atom. The van der Waals surface area contributed by atoms with Crippen LogP contribution in [0.3, 0.4) is 0 Å². The molecular weight excluding hydrogens is 142 g/mol. The maximum Gasteiger partial charge on any atom is 0.329 e. The average molecular weight is 149 g/mol. The lowest BCUT2D eigenvalue weighted by Gasteiger charge is -1.95. The molecule has 6 heteroatoms. The van der Waals surface area contributed by atoms with Crippen LogP contribution in [0.25, 0.3) is 0 Å². The normalized spacial score (nSPS) is 8.90. The van der Waals surface area contributed by atoms with Crippen molar-refractivity contribution in [2.45, 2.75) is 6.92 Å². The standard InChI is InChI=1S/C4H7NO5/c1-2-9-3-4(6)10-5(7)8/h2-3H2,1H3. The third kappa shape index (κ3) is 4.98. The minimum Gasteiger partial charge on any atom is -0.372 e. The van der Waals surface area contributed by atoms with Crippen LogP contribution in [0.4, 0.5) is 0 Å². The van der Waals surface area contributed by atoms with E-state index in [4.69, 9.17) is 0 Å². The van der Waals surface area contributed by atoms with Gasteiger partial charge in [0.15, 0.2) is 0 Å². The van der Waals surface area contributed by atoms with Gasteiger partial charge in [-0.15, -0.1) is 10.1 Å². The molecule has 0 aromatic rings. The van der Waals surface area contributed by atoms with E-state index >= 15 is 0 Å². The second-order valence-electron chi connectivity index (χ2n) is 1.32. The van der Waals surface area contributed by atoms with E-state index < -0.39 is 11.1 Å². The smallest absolute Gasteiger partial charge is 0.329 e. The summed E-state index contributed by atoms with van der Waals surface area (Å²) in [6.07, 6.45) is 0. The van der Waals surface area contributed by atoms with Crippen LogP contribution >= 0.6 is 0 Å². The lowest BCUT2D eigenvalue weighted by Crippen LogP contribution is -2.16. The first-order valence-electron chi connectivity index (χ1n) is 2.59. The minimum absolute atomic E-state index is 0.326. The molecular formula is C4H7NO5. The zero-order chi connectivity index (χ0) is 7.98. The fraction of sp³-hybridized carbons (Fsp3) is 0.750. The molecule has 0 N–H and O–H groups in total. The maximum absolute atomic E-state index is 10.2. The molecule has 0 atom stereocenters. The van der Waals surface area contributed by atoms with Crippen molar-refractivity contribution in [3.05, 3.63) is 10.1 Å². The topological polar surface area (TPSA) is 78.7 Å². The Kier molecular flexibility index (Phi) is 4.14. The molecule has 0 aliphatic rings. The highest BCUT2D eigenvalue weighted by Gasteiger charge is 2.05. The van der Waals surface area contributed by atoms with Crippen LogP contribution in [-0.4, -0.2) is 24.3 Å². The Labute approximate surface area is 56.8 Å². The van der Waals surface area contributed by atoms with Crippen molar-refractivity contribution in [1.29, 1.82) is 0 Å². The molecule has 0 bridgehead atoms. The van der Waals surface area contributed by atoms with Gasteiger partial charge < -0.3 is 4.74 Å². The van der Waals surface area contributed by atoms with Gasteiger partial charge in [-0.1, -0.05) is 0 Å². The van der Waals surface area contributed by atoms with E-state index in [1.54, 1.807) is 6.92 Å². The molecule has 0 heterocycles. The van der Waals surface area contributed by atoms with Gasteiger partial charge in [-0.3, -0.25) is 4.79 Å². The predicted molar refractivity (Wildman–Crippen MR) is 29.6 cm³/mol. The molecule has 0 saturated carbocycles. The number of nitrogens with zero attached hydrogens (tertiary/aromatic N) is 1. The van der Waals surface area contributed by atoms with Crippen molar-refractivity contribution in [3.63, 3.8) is 0 Å². The summed E-state index contributed by atoms with van der Waals surface area (Å²) in [4.78, 5) is 23.2. The monoisotopic (exact) mass is 149 g/mol. The largest absolute Gasteiger partial charge is 0.372 e. The first-order chi connectivity index (χ1) is 4.66. The number of hydrogen-bond donors (Lipinski definition) is 0. The highest BCUT2D eigenvalue weighted by molar-refractivity contribution is 5.69. The number of ether oxygens (including phenoxy) is 1. The van der Waals surface area contributed by atoms with Crippen LogP contribution in [-0.2, 0) is 14.4 Å². The predicted octanol–water partition coefficient (Wildman–Crippen LogP) is -0.242. The van der Waals surface area contributed by atoms with Gasteiger partial charge in [0.1, 0.15) is 6.61 Å². The van der Waals surface area contributed by atoms with Gasteiger partial charge in [-0.25, -0.2) is 4.84 Å². The van der Waals surface area contributed by atoms with E-state index in [-0.39, 0.29) is 6.61 Å². The summed E-state index contributed by atoms with van der Waals surface area (Å²) >= 11 is 0. The summed E-state index contributed by atoms with van der Waals surface area (Å²) in [5.74, 6) is -0.994. The Balaban J connectivity index is 3.35. The summed E-state index contributed by atoms with van der Waals surface area (Å²) < 4.78 is 4.52. The fourth-order valence-electron chi connectivity index (χ4n) is 0.295. The highest BCUT2D eigenvalue weighted by atomic mass is 17.0. The van der Waals surface area contributed by atoms with Crippen LogP contribution in [0.5, 0.6) is 0 Å². The van der Waals surface area contributed by atoms with E-state index in [1.807, 2.05) is 0 Å². The lowest BCUT2D eigenvalue weighted by atomic mass is 10.7. The second kappa shape index (κ2) is 4.68. The van der Waals surface area contributed by atoms with Gasteiger partial charge in [0.05, 0.1) is 0 Å². The first kappa shape index (κ1) is 8.83. The summed E-state index contributed by atoms with van der Waals surface area (Å²) in [6.45, 7) is 1.61. The third-order valence-corrected chi connectivity index (χ3v) is 0.600. The number of hydrogen-bond acceptors (Lipinski definition) is 5. The summed E-state index contributed by atoms with van der Waals surface area (Å²) in [6, 6.07) is 0. The van der Waals surface area contributed by atoms with Crippen molar-refractivity contribution in [2.75, 3.05) is 13.2 Å². The zero-order valence-electron chi connectivity index (χ0n) is 5.40. The second-order valence-corrected chi connectivity index (χ2v) is 1.32. The third-order valence-electron chi connectivity index (χ3n) is 0.600. The van der Waals surface area contributed by atoms with Gasteiger partial charge >= 0.3 is 11.1 Å². The first-order valence-corrected chi connectivity index (χ1v) is 2.59. The zero-order valence-corrected chi connectivity index (χ0v) is 5.40. The van der Waals surface area contributed by atoms with Gasteiger partial charge in [0, 0.05) is 6.61 Å². The molecule has 0 unspecified atom stereocenters. The molecule has 0 aromatic heterocycles. The molecule has 0 fully saturated rings. The van der Waals surface area contributed by atoms with Gasteiger partial charge in [-0.05, 0) is 6.92 Å². The van der Waals surface area contributed by atoms with Crippen LogP contribution in [0.1, 0.15) is 6.92 Å². The van der Waals surface area contributed by atoms with Crippen LogP contribution in [0.2, 0.25) is 0 Å². The quantitative estimate of drug-likeness (QED) is 0.407. The average Bonchev–Trinajstić information content (AvgIpc) is 1.82. The molecule has 0 spiro atoms. The molecule has 58 valence electrons. The van der Waals surface area contributed by atoms with Crippen molar-refractivity contribution < 1.29 is 19.5 Å². The van der Waals surface area contributed by atoms with Gasteiger partial charge in [0.25, 0.3) is 0 Å². The van der Waals surface area contributed by atoms with E-state index in [2.05, 4.69) is 9.57 Å². The summed E-state index contributed by atoms with van der Waals surface area (Å²) in [7, 11) is 0. The van der Waals surface area contributed by atoms with E-state index in [1.165, 1.54) is 0 Å². The van der Waals surface area contributed by atoms with Crippen molar-refractivity contribution >= 4 is 5.97 Å². The van der Waals surface area contributed by atoms with Crippen molar-refractivity contribution in [2.24, 2.45) is 0 Å². The van der Waals surface area contributed by atoms with Crippen LogP contribution < -0.4 is 0 Å². The SMILES string of the molecule is CCOCC(=O)O[N+](=O)[O-]. The Morgan fingerprint density at radius 1 is 1.70 bits per heavy atom. The highest BCUT2D eigenvalue weighted by Crippen LogP contribution is 1.80. The van der Waals surface area contributed by atoms with Crippen LogP contribution in [0, 0.1) is 10.1 Å².